The zero-order valence-electron chi connectivity index (χ0n) is 10.1. The first kappa shape index (κ1) is 12.8. The fourth-order valence-corrected chi connectivity index (χ4v) is 3.27. The van der Waals surface area contributed by atoms with E-state index in [9.17, 15) is 8.42 Å². The lowest BCUT2D eigenvalue weighted by Gasteiger charge is -2.24. The minimum absolute atomic E-state index is 0.189. The van der Waals surface area contributed by atoms with Crippen molar-refractivity contribution in [1.29, 1.82) is 5.26 Å². The van der Waals surface area contributed by atoms with Crippen molar-refractivity contribution in [2.45, 2.75) is 18.2 Å². The first-order valence-corrected chi connectivity index (χ1v) is 7.14. The summed E-state index contributed by atoms with van der Waals surface area (Å²) in [5.74, 6) is 0. The molecule has 0 amide bonds. The lowest BCUT2D eigenvalue weighted by atomic mass is 10.1. The molecule has 0 N–H and O–H groups in total. The predicted molar refractivity (Wildman–Crippen MR) is 68.3 cm³/mol. The number of nitrogens with zero attached hydrogens (tertiary/aromatic N) is 2. The summed E-state index contributed by atoms with van der Waals surface area (Å²) >= 11 is 0. The summed E-state index contributed by atoms with van der Waals surface area (Å²) in [5.41, 5.74) is 1.58. The molecular weight excluding hydrogens is 248 g/mol. The van der Waals surface area contributed by atoms with Gasteiger partial charge in [0.15, 0.2) is 0 Å². The van der Waals surface area contributed by atoms with E-state index in [1.807, 2.05) is 19.1 Å². The SMILES string of the molecule is CC1=CCN(S(=O)(=O)c2cccc(C#N)c2)CC1. The Labute approximate surface area is 107 Å². The van der Waals surface area contributed by atoms with E-state index in [0.717, 1.165) is 6.42 Å². The van der Waals surface area contributed by atoms with Crippen LogP contribution in [0.3, 0.4) is 0 Å². The van der Waals surface area contributed by atoms with Gasteiger partial charge in [0.05, 0.1) is 16.5 Å². The number of nitriles is 1. The summed E-state index contributed by atoms with van der Waals surface area (Å²) < 4.78 is 26.1. The molecule has 1 aliphatic rings. The van der Waals surface area contributed by atoms with Crippen LogP contribution in [0.5, 0.6) is 0 Å². The molecule has 0 unspecified atom stereocenters. The van der Waals surface area contributed by atoms with Crippen LogP contribution in [0.4, 0.5) is 0 Å². The molecule has 0 aromatic heterocycles. The highest BCUT2D eigenvalue weighted by Gasteiger charge is 2.25. The highest BCUT2D eigenvalue weighted by molar-refractivity contribution is 7.89. The van der Waals surface area contributed by atoms with Gasteiger partial charge in [-0.05, 0) is 31.5 Å². The maximum atomic E-state index is 12.3. The molecule has 18 heavy (non-hydrogen) atoms. The molecule has 4 nitrogen and oxygen atoms in total. The first-order valence-electron chi connectivity index (χ1n) is 5.70. The summed E-state index contributed by atoms with van der Waals surface area (Å²) in [6.07, 6.45) is 2.69. The van der Waals surface area contributed by atoms with E-state index < -0.39 is 10.0 Å². The average Bonchev–Trinajstić information content (AvgIpc) is 2.39. The summed E-state index contributed by atoms with van der Waals surface area (Å²) in [7, 11) is -3.48. The molecule has 0 spiro atoms. The predicted octanol–water partition coefficient (Wildman–Crippen LogP) is 1.90. The van der Waals surface area contributed by atoms with Gasteiger partial charge in [-0.1, -0.05) is 17.7 Å². The molecule has 1 aliphatic heterocycles. The Morgan fingerprint density at radius 3 is 2.78 bits per heavy atom. The van der Waals surface area contributed by atoms with Crippen LogP contribution in [0.2, 0.25) is 0 Å². The summed E-state index contributed by atoms with van der Waals surface area (Å²) in [4.78, 5) is 0.189. The molecule has 0 fully saturated rings. The Morgan fingerprint density at radius 1 is 1.39 bits per heavy atom. The maximum Gasteiger partial charge on any atom is 0.243 e. The third kappa shape index (κ3) is 2.45. The van der Waals surface area contributed by atoms with Gasteiger partial charge in [0, 0.05) is 13.1 Å². The number of benzene rings is 1. The fraction of sp³-hybridized carbons (Fsp3) is 0.308. The zero-order chi connectivity index (χ0) is 13.2. The molecule has 0 bridgehead atoms. The molecule has 0 aliphatic carbocycles. The van der Waals surface area contributed by atoms with Crippen molar-refractivity contribution >= 4 is 10.0 Å². The van der Waals surface area contributed by atoms with Crippen LogP contribution in [0, 0.1) is 11.3 Å². The van der Waals surface area contributed by atoms with Crippen molar-refractivity contribution in [3.63, 3.8) is 0 Å². The van der Waals surface area contributed by atoms with E-state index in [-0.39, 0.29) is 4.90 Å². The minimum Gasteiger partial charge on any atom is -0.207 e. The number of rotatable bonds is 2. The van der Waals surface area contributed by atoms with Crippen molar-refractivity contribution in [1.82, 2.24) is 4.31 Å². The van der Waals surface area contributed by atoms with Crippen molar-refractivity contribution in [2.24, 2.45) is 0 Å². The maximum absolute atomic E-state index is 12.3. The van der Waals surface area contributed by atoms with Crippen molar-refractivity contribution < 1.29 is 8.42 Å². The van der Waals surface area contributed by atoms with E-state index in [2.05, 4.69) is 0 Å². The van der Waals surface area contributed by atoms with Gasteiger partial charge in [-0.3, -0.25) is 0 Å². The van der Waals surface area contributed by atoms with Crippen LogP contribution in [0.1, 0.15) is 18.9 Å². The summed E-state index contributed by atoms with van der Waals surface area (Å²) in [5, 5.41) is 8.80. The summed E-state index contributed by atoms with van der Waals surface area (Å²) in [6, 6.07) is 8.09. The van der Waals surface area contributed by atoms with Gasteiger partial charge in [0.1, 0.15) is 0 Å². The lowest BCUT2D eigenvalue weighted by Crippen LogP contribution is -2.34. The molecule has 0 atom stereocenters. The molecule has 0 saturated heterocycles. The highest BCUT2D eigenvalue weighted by atomic mass is 32.2. The second kappa shape index (κ2) is 4.92. The molecule has 1 aromatic rings. The molecule has 5 heteroatoms. The van der Waals surface area contributed by atoms with Gasteiger partial charge in [-0.25, -0.2) is 8.42 Å². The van der Waals surface area contributed by atoms with Gasteiger partial charge in [0.2, 0.25) is 10.0 Å². The van der Waals surface area contributed by atoms with Gasteiger partial charge in [0.25, 0.3) is 0 Å². The average molecular weight is 262 g/mol. The van der Waals surface area contributed by atoms with Crippen LogP contribution in [0.15, 0.2) is 40.8 Å². The molecular formula is C13H14N2O2S. The van der Waals surface area contributed by atoms with Crippen molar-refractivity contribution in [3.05, 3.63) is 41.5 Å². The van der Waals surface area contributed by atoms with Crippen molar-refractivity contribution in [3.8, 4) is 6.07 Å². The van der Waals surface area contributed by atoms with Crippen LogP contribution in [-0.2, 0) is 10.0 Å². The molecule has 94 valence electrons. The Bertz CT molecular complexity index is 627. The Hall–Kier alpha value is -1.64. The smallest absolute Gasteiger partial charge is 0.207 e. The van der Waals surface area contributed by atoms with E-state index in [0.29, 0.717) is 18.7 Å². The lowest BCUT2D eigenvalue weighted by molar-refractivity contribution is 0.431. The number of hydrogen-bond donors (Lipinski definition) is 0. The molecule has 1 heterocycles. The zero-order valence-corrected chi connectivity index (χ0v) is 10.9. The topological polar surface area (TPSA) is 61.2 Å². The Balaban J connectivity index is 2.34. The van der Waals surface area contributed by atoms with Gasteiger partial charge < -0.3 is 0 Å². The molecule has 0 radical (unpaired) electrons. The van der Waals surface area contributed by atoms with Crippen LogP contribution in [-0.4, -0.2) is 25.8 Å². The van der Waals surface area contributed by atoms with E-state index in [1.165, 1.54) is 22.0 Å². The van der Waals surface area contributed by atoms with Gasteiger partial charge >= 0.3 is 0 Å². The number of sulfonamides is 1. The van der Waals surface area contributed by atoms with Gasteiger partial charge in [-0.15, -0.1) is 0 Å². The standard InChI is InChI=1S/C13H14N2O2S/c1-11-5-7-15(8-6-11)18(16,17)13-4-2-3-12(9-13)10-14/h2-5,9H,6-8H2,1H3. The Morgan fingerprint density at radius 2 is 2.17 bits per heavy atom. The van der Waals surface area contributed by atoms with Crippen LogP contribution < -0.4 is 0 Å². The van der Waals surface area contributed by atoms with Crippen LogP contribution >= 0.6 is 0 Å². The second-order valence-electron chi connectivity index (χ2n) is 4.30. The van der Waals surface area contributed by atoms with E-state index >= 15 is 0 Å². The highest BCUT2D eigenvalue weighted by Crippen LogP contribution is 2.20. The normalized spacial score (nSPS) is 17.0. The fourth-order valence-electron chi connectivity index (χ4n) is 1.85. The van der Waals surface area contributed by atoms with E-state index in [1.54, 1.807) is 12.1 Å². The molecule has 0 saturated carbocycles. The van der Waals surface area contributed by atoms with E-state index in [4.69, 9.17) is 5.26 Å². The molecule has 1 aromatic carbocycles. The van der Waals surface area contributed by atoms with Crippen molar-refractivity contribution in [2.75, 3.05) is 13.1 Å². The third-order valence-electron chi connectivity index (χ3n) is 3.00. The Kier molecular flexibility index (Phi) is 3.50. The first-order chi connectivity index (χ1) is 8.54. The second-order valence-corrected chi connectivity index (χ2v) is 6.24. The number of hydrogen-bond acceptors (Lipinski definition) is 3. The summed E-state index contributed by atoms with van der Waals surface area (Å²) in [6.45, 7) is 2.91. The quantitative estimate of drug-likeness (QED) is 0.765. The third-order valence-corrected chi connectivity index (χ3v) is 4.86. The molecule has 2 rings (SSSR count). The van der Waals surface area contributed by atoms with Crippen LogP contribution in [0.25, 0.3) is 0 Å². The minimum atomic E-state index is -3.48. The monoisotopic (exact) mass is 262 g/mol. The van der Waals surface area contributed by atoms with Gasteiger partial charge in [-0.2, -0.15) is 9.57 Å². The largest absolute Gasteiger partial charge is 0.243 e.